The van der Waals surface area contributed by atoms with Crippen LogP contribution >= 0.6 is 0 Å². The lowest BCUT2D eigenvalue weighted by atomic mass is 10.2. The van der Waals surface area contributed by atoms with Crippen LogP contribution in [0.2, 0.25) is 0 Å². The van der Waals surface area contributed by atoms with E-state index in [1.54, 1.807) is 12.1 Å². The van der Waals surface area contributed by atoms with Gasteiger partial charge in [0.15, 0.2) is 0 Å². The van der Waals surface area contributed by atoms with Crippen LogP contribution in [0.5, 0.6) is 0 Å². The average molecular weight is 284 g/mol. The second-order valence-corrected chi connectivity index (χ2v) is 7.19. The Bertz CT molecular complexity index is 479. The molecule has 0 aromatic heterocycles. The summed E-state index contributed by atoms with van der Waals surface area (Å²) in [6.45, 7) is 9.31. The van der Waals surface area contributed by atoms with Crippen LogP contribution in [0.15, 0.2) is 29.2 Å². The lowest BCUT2D eigenvalue weighted by molar-refractivity contribution is 0.560. The van der Waals surface area contributed by atoms with Crippen molar-refractivity contribution in [1.82, 2.24) is 10.0 Å². The summed E-state index contributed by atoms with van der Waals surface area (Å²) in [5, 5.41) is 3.29. The molecular formula is C14H24N2O2S. The van der Waals surface area contributed by atoms with E-state index in [1.807, 2.05) is 26.0 Å². The summed E-state index contributed by atoms with van der Waals surface area (Å²) in [6, 6.07) is 7.41. The average Bonchev–Trinajstić information content (AvgIpc) is 2.34. The molecular weight excluding hydrogens is 260 g/mol. The van der Waals surface area contributed by atoms with Gasteiger partial charge < -0.3 is 5.32 Å². The SMILES string of the molecule is CC(C)CNS(=O)(=O)c1ccc(CNC(C)C)cc1. The van der Waals surface area contributed by atoms with Gasteiger partial charge >= 0.3 is 0 Å². The van der Waals surface area contributed by atoms with Gasteiger partial charge in [-0.2, -0.15) is 0 Å². The first-order chi connectivity index (χ1) is 8.81. The Morgan fingerprint density at radius 1 is 1.05 bits per heavy atom. The highest BCUT2D eigenvalue weighted by molar-refractivity contribution is 7.89. The predicted octanol–water partition coefficient (Wildman–Crippen LogP) is 2.12. The number of hydrogen-bond acceptors (Lipinski definition) is 3. The summed E-state index contributed by atoms with van der Waals surface area (Å²) in [7, 11) is -3.37. The summed E-state index contributed by atoms with van der Waals surface area (Å²) < 4.78 is 26.6. The fourth-order valence-electron chi connectivity index (χ4n) is 1.47. The smallest absolute Gasteiger partial charge is 0.240 e. The molecule has 2 N–H and O–H groups in total. The Kier molecular flexibility index (Phi) is 5.97. The van der Waals surface area contributed by atoms with E-state index in [2.05, 4.69) is 23.9 Å². The van der Waals surface area contributed by atoms with E-state index in [0.717, 1.165) is 12.1 Å². The van der Waals surface area contributed by atoms with Crippen molar-refractivity contribution >= 4 is 10.0 Å². The van der Waals surface area contributed by atoms with E-state index < -0.39 is 10.0 Å². The van der Waals surface area contributed by atoms with E-state index in [0.29, 0.717) is 23.4 Å². The summed E-state index contributed by atoms with van der Waals surface area (Å²) in [4.78, 5) is 0.321. The van der Waals surface area contributed by atoms with Crippen molar-refractivity contribution in [3.63, 3.8) is 0 Å². The van der Waals surface area contributed by atoms with Gasteiger partial charge in [0.05, 0.1) is 4.90 Å². The van der Waals surface area contributed by atoms with Crippen molar-refractivity contribution < 1.29 is 8.42 Å². The molecule has 0 saturated heterocycles. The van der Waals surface area contributed by atoms with Crippen LogP contribution in [0.1, 0.15) is 33.3 Å². The third-order valence-corrected chi connectivity index (χ3v) is 4.07. The summed E-state index contributed by atoms with van der Waals surface area (Å²) in [5.41, 5.74) is 1.08. The molecule has 0 aliphatic carbocycles. The van der Waals surface area contributed by atoms with Crippen molar-refractivity contribution in [2.24, 2.45) is 5.92 Å². The van der Waals surface area contributed by atoms with Gasteiger partial charge in [-0.25, -0.2) is 13.1 Å². The normalized spacial score (nSPS) is 12.3. The molecule has 0 heterocycles. The van der Waals surface area contributed by atoms with Crippen LogP contribution in [-0.2, 0) is 16.6 Å². The lowest BCUT2D eigenvalue weighted by Crippen LogP contribution is -2.27. The summed E-state index contributed by atoms with van der Waals surface area (Å²) in [5.74, 6) is 0.296. The molecule has 1 aromatic rings. The van der Waals surface area contributed by atoms with Crippen LogP contribution < -0.4 is 10.0 Å². The molecule has 0 fully saturated rings. The molecule has 0 atom stereocenters. The van der Waals surface area contributed by atoms with Crippen molar-refractivity contribution in [2.75, 3.05) is 6.54 Å². The highest BCUT2D eigenvalue weighted by Crippen LogP contribution is 2.11. The zero-order valence-corrected chi connectivity index (χ0v) is 12.9. The van der Waals surface area contributed by atoms with E-state index in [4.69, 9.17) is 0 Å². The monoisotopic (exact) mass is 284 g/mol. The van der Waals surface area contributed by atoms with Gasteiger partial charge in [0.2, 0.25) is 10.0 Å². The molecule has 0 amide bonds. The van der Waals surface area contributed by atoms with Gasteiger partial charge in [0, 0.05) is 19.1 Å². The Balaban J connectivity index is 2.69. The fraction of sp³-hybridized carbons (Fsp3) is 0.571. The lowest BCUT2D eigenvalue weighted by Gasteiger charge is -2.10. The van der Waals surface area contributed by atoms with Crippen LogP contribution in [0.25, 0.3) is 0 Å². The van der Waals surface area contributed by atoms with E-state index >= 15 is 0 Å². The maximum atomic E-state index is 12.0. The number of rotatable bonds is 7. The van der Waals surface area contributed by atoms with E-state index in [-0.39, 0.29) is 0 Å². The Labute approximate surface area is 116 Å². The number of hydrogen-bond donors (Lipinski definition) is 2. The van der Waals surface area contributed by atoms with Gasteiger partial charge in [-0.15, -0.1) is 0 Å². The standard InChI is InChI=1S/C14H24N2O2S/c1-11(2)9-16-19(17,18)14-7-5-13(6-8-14)10-15-12(3)4/h5-8,11-12,15-16H,9-10H2,1-4H3. The Hall–Kier alpha value is -0.910. The number of benzene rings is 1. The minimum atomic E-state index is -3.37. The molecule has 0 saturated carbocycles. The topological polar surface area (TPSA) is 58.2 Å². The molecule has 0 unspecified atom stereocenters. The second kappa shape index (κ2) is 7.03. The summed E-state index contributed by atoms with van der Waals surface area (Å²) in [6.07, 6.45) is 0. The fourth-order valence-corrected chi connectivity index (χ4v) is 2.68. The van der Waals surface area contributed by atoms with Crippen LogP contribution in [0, 0.1) is 5.92 Å². The van der Waals surface area contributed by atoms with Crippen LogP contribution in [0.4, 0.5) is 0 Å². The molecule has 0 aliphatic rings. The van der Waals surface area contributed by atoms with Crippen molar-refractivity contribution in [3.8, 4) is 0 Å². The highest BCUT2D eigenvalue weighted by atomic mass is 32.2. The maximum Gasteiger partial charge on any atom is 0.240 e. The Morgan fingerprint density at radius 2 is 1.63 bits per heavy atom. The first-order valence-electron chi connectivity index (χ1n) is 6.63. The van der Waals surface area contributed by atoms with Crippen molar-refractivity contribution in [2.45, 2.75) is 45.2 Å². The molecule has 19 heavy (non-hydrogen) atoms. The second-order valence-electron chi connectivity index (χ2n) is 5.43. The van der Waals surface area contributed by atoms with Crippen LogP contribution in [0.3, 0.4) is 0 Å². The van der Waals surface area contributed by atoms with Gasteiger partial charge in [0.25, 0.3) is 0 Å². The van der Waals surface area contributed by atoms with E-state index in [1.165, 1.54) is 0 Å². The van der Waals surface area contributed by atoms with Gasteiger partial charge in [0.1, 0.15) is 0 Å². The molecule has 1 rings (SSSR count). The first kappa shape index (κ1) is 16.1. The zero-order chi connectivity index (χ0) is 14.5. The summed E-state index contributed by atoms with van der Waals surface area (Å²) >= 11 is 0. The molecule has 1 aromatic carbocycles. The third kappa shape index (κ3) is 5.72. The third-order valence-electron chi connectivity index (χ3n) is 2.63. The van der Waals surface area contributed by atoms with Crippen molar-refractivity contribution in [3.05, 3.63) is 29.8 Å². The number of nitrogens with one attached hydrogen (secondary N) is 2. The largest absolute Gasteiger partial charge is 0.310 e. The van der Waals surface area contributed by atoms with Gasteiger partial charge in [-0.05, 0) is 23.6 Å². The molecule has 108 valence electrons. The molecule has 4 nitrogen and oxygen atoms in total. The minimum Gasteiger partial charge on any atom is -0.310 e. The quantitative estimate of drug-likeness (QED) is 0.806. The number of sulfonamides is 1. The highest BCUT2D eigenvalue weighted by Gasteiger charge is 2.13. The molecule has 0 aliphatic heterocycles. The van der Waals surface area contributed by atoms with Crippen molar-refractivity contribution in [1.29, 1.82) is 0 Å². The minimum absolute atomic E-state index is 0.296. The van der Waals surface area contributed by atoms with E-state index in [9.17, 15) is 8.42 Å². The molecule has 0 spiro atoms. The zero-order valence-electron chi connectivity index (χ0n) is 12.1. The molecule has 5 heteroatoms. The molecule has 0 bridgehead atoms. The Morgan fingerprint density at radius 3 is 2.11 bits per heavy atom. The molecule has 0 radical (unpaired) electrons. The predicted molar refractivity (Wildman–Crippen MR) is 78.4 cm³/mol. The maximum absolute atomic E-state index is 12.0. The first-order valence-corrected chi connectivity index (χ1v) is 8.11. The van der Waals surface area contributed by atoms with Gasteiger partial charge in [-0.3, -0.25) is 0 Å². The van der Waals surface area contributed by atoms with Gasteiger partial charge in [-0.1, -0.05) is 39.8 Å². The van der Waals surface area contributed by atoms with Crippen LogP contribution in [-0.4, -0.2) is 21.0 Å².